The fraction of sp³-hybridized carbons (Fsp3) is 0.115. The van der Waals surface area contributed by atoms with E-state index in [9.17, 15) is 13.2 Å². The standard InChI is InChI=1S/C26H23N5O5S/c1-35-20-13-12-17(14-21(20)36-2)15-27-28-23(32)16-31-26-24(18-8-4-3-5-9-18)29-30-25(26)19-10-6-7-11-22(19)37(31,33)34/h3-15H,16H2,1-2H3,(H,28,32)(H,29,30)/b27-15+. The van der Waals surface area contributed by atoms with Gasteiger partial charge < -0.3 is 9.47 Å². The molecule has 0 saturated carbocycles. The number of H-pyrrole nitrogens is 1. The van der Waals surface area contributed by atoms with Gasteiger partial charge in [0.15, 0.2) is 11.5 Å². The van der Waals surface area contributed by atoms with Crippen LogP contribution >= 0.6 is 0 Å². The number of methoxy groups -OCH3 is 2. The minimum absolute atomic E-state index is 0.0902. The van der Waals surface area contributed by atoms with Crippen molar-refractivity contribution in [3.63, 3.8) is 0 Å². The van der Waals surface area contributed by atoms with Gasteiger partial charge in [0.1, 0.15) is 17.9 Å². The second-order valence-corrected chi connectivity index (χ2v) is 9.91. The SMILES string of the molecule is COc1ccc(/C=N/NC(=O)CN2c3c(-c4ccccc4)n[nH]c3-c3ccccc3S2(=O)=O)cc1OC. The van der Waals surface area contributed by atoms with E-state index in [-0.39, 0.29) is 4.90 Å². The van der Waals surface area contributed by atoms with Crippen LogP contribution in [0.3, 0.4) is 0 Å². The number of nitrogens with zero attached hydrogens (tertiary/aromatic N) is 3. The Bertz CT molecular complexity index is 1590. The van der Waals surface area contributed by atoms with Crippen molar-refractivity contribution < 1.29 is 22.7 Å². The number of anilines is 1. The Labute approximate surface area is 213 Å². The highest BCUT2D eigenvalue weighted by atomic mass is 32.2. The van der Waals surface area contributed by atoms with Crippen LogP contribution in [0.15, 0.2) is 82.8 Å². The Kier molecular flexibility index (Phi) is 6.36. The van der Waals surface area contributed by atoms with Crippen LogP contribution in [0.5, 0.6) is 11.5 Å². The summed E-state index contributed by atoms with van der Waals surface area (Å²) in [7, 11) is -1.00. The van der Waals surface area contributed by atoms with E-state index in [1.807, 2.05) is 30.3 Å². The minimum atomic E-state index is -4.06. The van der Waals surface area contributed by atoms with Crippen molar-refractivity contribution >= 4 is 27.8 Å². The molecule has 1 amide bonds. The van der Waals surface area contributed by atoms with Crippen LogP contribution in [0.2, 0.25) is 0 Å². The number of aromatic nitrogens is 2. The second kappa shape index (κ2) is 9.78. The first-order valence-corrected chi connectivity index (χ1v) is 12.7. The maximum atomic E-state index is 13.7. The van der Waals surface area contributed by atoms with Crippen LogP contribution in [0, 0.1) is 0 Å². The van der Waals surface area contributed by atoms with E-state index < -0.39 is 22.5 Å². The Morgan fingerprint density at radius 3 is 2.51 bits per heavy atom. The summed E-state index contributed by atoms with van der Waals surface area (Å²) in [6.07, 6.45) is 1.43. The predicted molar refractivity (Wildman–Crippen MR) is 139 cm³/mol. The minimum Gasteiger partial charge on any atom is -0.493 e. The average molecular weight is 518 g/mol. The van der Waals surface area contributed by atoms with Crippen LogP contribution < -0.4 is 19.2 Å². The number of amides is 1. The average Bonchev–Trinajstić information content (AvgIpc) is 3.36. The molecule has 5 rings (SSSR count). The van der Waals surface area contributed by atoms with Crippen molar-refractivity contribution in [2.45, 2.75) is 4.90 Å². The maximum Gasteiger partial charge on any atom is 0.265 e. The summed E-state index contributed by atoms with van der Waals surface area (Å²) in [6, 6.07) is 21.0. The highest BCUT2D eigenvalue weighted by Crippen LogP contribution is 2.46. The van der Waals surface area contributed by atoms with Crippen molar-refractivity contribution in [2.24, 2.45) is 5.10 Å². The first-order chi connectivity index (χ1) is 17.9. The van der Waals surface area contributed by atoms with Crippen molar-refractivity contribution in [3.8, 4) is 34.0 Å². The van der Waals surface area contributed by atoms with E-state index in [0.29, 0.717) is 45.3 Å². The summed E-state index contributed by atoms with van der Waals surface area (Å²) in [6.45, 7) is -0.494. The number of aromatic amines is 1. The molecular weight excluding hydrogens is 494 g/mol. The molecule has 0 spiro atoms. The van der Waals surface area contributed by atoms with Crippen LogP contribution in [-0.2, 0) is 14.8 Å². The second-order valence-electron chi connectivity index (χ2n) is 8.08. The molecule has 2 N–H and O–H groups in total. The van der Waals surface area contributed by atoms with Crippen LogP contribution in [0.1, 0.15) is 5.56 Å². The van der Waals surface area contributed by atoms with Gasteiger partial charge in [-0.3, -0.25) is 14.2 Å². The van der Waals surface area contributed by atoms with Gasteiger partial charge in [-0.05, 0) is 29.8 Å². The zero-order valence-corrected chi connectivity index (χ0v) is 20.8. The zero-order valence-electron chi connectivity index (χ0n) is 20.0. The van der Waals surface area contributed by atoms with Gasteiger partial charge in [-0.1, -0.05) is 48.5 Å². The Balaban J connectivity index is 1.45. The molecular formula is C26H23N5O5S. The summed E-state index contributed by atoms with van der Waals surface area (Å²) in [5.41, 5.74) is 5.53. The largest absolute Gasteiger partial charge is 0.493 e. The van der Waals surface area contributed by atoms with Crippen molar-refractivity contribution in [3.05, 3.63) is 78.4 Å². The van der Waals surface area contributed by atoms with Crippen molar-refractivity contribution in [1.82, 2.24) is 15.6 Å². The number of carbonyl (C=O) groups is 1. The first kappa shape index (κ1) is 24.1. The molecule has 1 aliphatic heterocycles. The van der Waals surface area contributed by atoms with Crippen LogP contribution in [0.25, 0.3) is 22.5 Å². The van der Waals surface area contributed by atoms with E-state index in [0.717, 1.165) is 4.31 Å². The number of hydrazone groups is 1. The Hall–Kier alpha value is -4.64. The molecule has 4 aromatic rings. The molecule has 0 atom stereocenters. The quantitative estimate of drug-likeness (QED) is 0.286. The molecule has 0 unspecified atom stereocenters. The zero-order chi connectivity index (χ0) is 26.0. The monoisotopic (exact) mass is 517 g/mol. The molecule has 1 aliphatic rings. The van der Waals surface area contributed by atoms with Gasteiger partial charge >= 0.3 is 0 Å². The maximum absolute atomic E-state index is 13.7. The lowest BCUT2D eigenvalue weighted by Crippen LogP contribution is -2.41. The molecule has 2 heterocycles. The fourth-order valence-corrected chi connectivity index (χ4v) is 5.78. The number of hydrogen-bond donors (Lipinski definition) is 2. The number of carbonyl (C=O) groups excluding carboxylic acids is 1. The van der Waals surface area contributed by atoms with Gasteiger partial charge in [-0.15, -0.1) is 0 Å². The number of sulfonamides is 1. The number of fused-ring (bicyclic) bond motifs is 3. The number of hydrogen-bond acceptors (Lipinski definition) is 7. The van der Waals surface area contributed by atoms with E-state index in [1.54, 1.807) is 36.4 Å². The Morgan fingerprint density at radius 1 is 1.03 bits per heavy atom. The fourth-order valence-electron chi connectivity index (χ4n) is 4.14. The summed E-state index contributed by atoms with van der Waals surface area (Å²) >= 11 is 0. The number of ether oxygens (including phenoxy) is 2. The van der Waals surface area contributed by atoms with Crippen LogP contribution in [-0.4, -0.2) is 51.5 Å². The van der Waals surface area contributed by atoms with Gasteiger partial charge in [0.05, 0.1) is 31.0 Å². The third kappa shape index (κ3) is 4.40. The van der Waals surface area contributed by atoms with E-state index in [1.165, 1.54) is 26.5 Å². The molecule has 11 heteroatoms. The number of benzene rings is 3. The van der Waals surface area contributed by atoms with Gasteiger partial charge in [0, 0.05) is 11.1 Å². The third-order valence-electron chi connectivity index (χ3n) is 5.86. The highest BCUT2D eigenvalue weighted by Gasteiger charge is 2.39. The molecule has 0 saturated heterocycles. The highest BCUT2D eigenvalue weighted by molar-refractivity contribution is 7.93. The molecule has 10 nitrogen and oxygen atoms in total. The van der Waals surface area contributed by atoms with Crippen molar-refractivity contribution in [1.29, 1.82) is 0 Å². The van der Waals surface area contributed by atoms with Gasteiger partial charge in [0.2, 0.25) is 0 Å². The van der Waals surface area contributed by atoms with Gasteiger partial charge in [-0.2, -0.15) is 10.2 Å². The lowest BCUT2D eigenvalue weighted by atomic mass is 10.1. The van der Waals surface area contributed by atoms with Crippen molar-refractivity contribution in [2.75, 3.05) is 25.1 Å². The van der Waals surface area contributed by atoms with Gasteiger partial charge in [0.25, 0.3) is 15.9 Å². The molecule has 0 bridgehead atoms. The van der Waals surface area contributed by atoms with E-state index in [4.69, 9.17) is 9.47 Å². The smallest absolute Gasteiger partial charge is 0.265 e. The normalized spacial score (nSPS) is 13.6. The molecule has 37 heavy (non-hydrogen) atoms. The topological polar surface area (TPSA) is 126 Å². The van der Waals surface area contributed by atoms with E-state index in [2.05, 4.69) is 20.7 Å². The predicted octanol–water partition coefficient (Wildman–Crippen LogP) is 3.42. The number of nitrogens with one attached hydrogen (secondary N) is 2. The summed E-state index contributed by atoms with van der Waals surface area (Å²) in [5.74, 6) is 0.451. The summed E-state index contributed by atoms with van der Waals surface area (Å²) in [5, 5.41) is 11.4. The third-order valence-corrected chi connectivity index (χ3v) is 7.66. The van der Waals surface area contributed by atoms with Gasteiger partial charge in [-0.25, -0.2) is 13.8 Å². The lowest BCUT2D eigenvalue weighted by Gasteiger charge is -2.29. The molecule has 188 valence electrons. The molecule has 3 aromatic carbocycles. The Morgan fingerprint density at radius 2 is 1.76 bits per heavy atom. The lowest BCUT2D eigenvalue weighted by molar-refractivity contribution is -0.119. The van der Waals surface area contributed by atoms with E-state index >= 15 is 0 Å². The first-order valence-electron chi connectivity index (χ1n) is 11.2. The molecule has 0 fully saturated rings. The molecule has 0 aliphatic carbocycles. The molecule has 1 aromatic heterocycles. The number of rotatable bonds is 7. The van der Waals surface area contributed by atoms with Crippen LogP contribution in [0.4, 0.5) is 5.69 Å². The summed E-state index contributed by atoms with van der Waals surface area (Å²) < 4.78 is 38.9. The summed E-state index contributed by atoms with van der Waals surface area (Å²) in [4.78, 5) is 13.0. The molecule has 0 radical (unpaired) electrons.